The van der Waals surface area contributed by atoms with E-state index in [4.69, 9.17) is 32.7 Å². The van der Waals surface area contributed by atoms with E-state index in [-0.39, 0.29) is 13.2 Å². The summed E-state index contributed by atoms with van der Waals surface area (Å²) >= 11 is 12.2. The van der Waals surface area contributed by atoms with Crippen LogP contribution in [-0.2, 0) is 9.47 Å². The lowest BCUT2D eigenvalue weighted by Gasteiger charge is -2.33. The molecule has 0 unspecified atom stereocenters. The van der Waals surface area contributed by atoms with E-state index in [0.717, 1.165) is 38.5 Å². The van der Waals surface area contributed by atoms with Crippen LogP contribution in [0.5, 0.6) is 0 Å². The van der Waals surface area contributed by atoms with Crippen LogP contribution in [0, 0.1) is 0 Å². The second-order valence-electron chi connectivity index (χ2n) is 9.34. The second-order valence-corrected chi connectivity index (χ2v) is 10.2. The number of nitrogens with zero attached hydrogens (tertiary/aromatic N) is 2. The Morgan fingerprint density at radius 2 is 0.868 bits per heavy atom. The van der Waals surface area contributed by atoms with Gasteiger partial charge in [0.05, 0.1) is 24.6 Å². The summed E-state index contributed by atoms with van der Waals surface area (Å²) in [5.74, 6) is 0. The number of carbonyl (C=O) groups is 2. The Kier molecular flexibility index (Phi) is 15.7. The van der Waals surface area contributed by atoms with Crippen LogP contribution in [0.4, 0.5) is 21.0 Å². The zero-order chi connectivity index (χ0) is 27.6. The number of hydrogen-bond donors (Lipinski definition) is 0. The highest BCUT2D eigenvalue weighted by Gasteiger charge is 2.32. The number of carbonyl (C=O) groups excluding carboxylic acids is 2. The fourth-order valence-corrected chi connectivity index (χ4v) is 4.23. The first-order valence-corrected chi connectivity index (χ1v) is 14.7. The van der Waals surface area contributed by atoms with Gasteiger partial charge in [-0.25, -0.2) is 9.59 Å². The largest absolute Gasteiger partial charge is 0.448 e. The molecule has 0 radical (unpaired) electrons. The third-order valence-electron chi connectivity index (χ3n) is 6.14. The molecule has 8 heteroatoms. The number of rotatable bonds is 16. The summed E-state index contributed by atoms with van der Waals surface area (Å²) in [6, 6.07) is 13.3. The average Bonchev–Trinajstić information content (AvgIpc) is 2.92. The molecule has 0 atom stereocenters. The van der Waals surface area contributed by atoms with Gasteiger partial charge in [-0.05, 0) is 61.4 Å². The number of unbranched alkanes of at least 4 members (excludes halogenated alkanes) is 10. The Bertz CT molecular complexity index is 861. The molecule has 0 aliphatic rings. The number of ether oxygens (including phenoxy) is 2. The summed E-state index contributed by atoms with van der Waals surface area (Å²) in [5, 5.41) is 3.41. The zero-order valence-electron chi connectivity index (χ0n) is 22.8. The van der Waals surface area contributed by atoms with Crippen LogP contribution >= 0.6 is 23.2 Å². The van der Waals surface area contributed by atoms with Gasteiger partial charge in [0.25, 0.3) is 0 Å². The topological polar surface area (TPSA) is 59.1 Å². The summed E-state index contributed by atoms with van der Waals surface area (Å²) in [4.78, 5) is 26.8. The molecule has 0 N–H and O–H groups in total. The van der Waals surface area contributed by atoms with Gasteiger partial charge >= 0.3 is 12.2 Å². The summed E-state index contributed by atoms with van der Waals surface area (Å²) < 4.78 is 11.3. The van der Waals surface area contributed by atoms with E-state index in [1.807, 2.05) is 0 Å². The minimum absolute atomic E-state index is 0.260. The van der Waals surface area contributed by atoms with Gasteiger partial charge < -0.3 is 9.47 Å². The molecule has 0 saturated heterocycles. The van der Waals surface area contributed by atoms with Crippen molar-refractivity contribution >= 4 is 46.8 Å². The number of hydrazine groups is 1. The van der Waals surface area contributed by atoms with Gasteiger partial charge in [0.1, 0.15) is 0 Å². The SMILES string of the molecule is CCCCCCCCOC(=O)N(c1ccc(Cl)cc1)N(C(=O)OCCCCCCCC)c1ccc(Cl)cc1. The predicted octanol–water partition coefficient (Wildman–Crippen LogP) is 10.2. The molecular weight excluding hydrogens is 523 g/mol. The predicted molar refractivity (Wildman–Crippen MR) is 157 cm³/mol. The Balaban J connectivity index is 2.19. The molecule has 0 bridgehead atoms. The number of amides is 2. The van der Waals surface area contributed by atoms with Crippen molar-refractivity contribution in [2.75, 3.05) is 23.2 Å². The number of benzene rings is 2. The number of hydrogen-bond acceptors (Lipinski definition) is 4. The minimum atomic E-state index is -0.674. The van der Waals surface area contributed by atoms with Crippen LogP contribution in [0.2, 0.25) is 10.0 Å². The molecule has 2 rings (SSSR count). The molecule has 210 valence electrons. The molecule has 0 spiro atoms. The molecular formula is C30H42Cl2N2O4. The van der Waals surface area contributed by atoms with Crippen molar-refractivity contribution in [3.8, 4) is 0 Å². The third kappa shape index (κ3) is 11.5. The molecule has 2 aromatic carbocycles. The molecule has 0 aliphatic carbocycles. The van der Waals surface area contributed by atoms with Crippen LogP contribution in [-0.4, -0.2) is 25.4 Å². The molecule has 0 fully saturated rings. The lowest BCUT2D eigenvalue weighted by Crippen LogP contribution is -2.51. The summed E-state index contributed by atoms with van der Waals surface area (Å²) in [6.07, 6.45) is 11.5. The molecule has 0 heterocycles. The first-order chi connectivity index (χ1) is 18.5. The maximum Gasteiger partial charge on any atom is 0.434 e. The van der Waals surface area contributed by atoms with Gasteiger partial charge in [-0.15, -0.1) is 0 Å². The van der Waals surface area contributed by atoms with Crippen molar-refractivity contribution in [1.82, 2.24) is 0 Å². The first-order valence-electron chi connectivity index (χ1n) is 13.9. The molecule has 0 aliphatic heterocycles. The minimum Gasteiger partial charge on any atom is -0.448 e. The van der Waals surface area contributed by atoms with Crippen LogP contribution < -0.4 is 10.0 Å². The molecule has 0 saturated carbocycles. The van der Waals surface area contributed by atoms with Gasteiger partial charge in [0, 0.05) is 10.0 Å². The summed E-state index contributed by atoms with van der Waals surface area (Å²) in [5.41, 5.74) is 0.850. The highest BCUT2D eigenvalue weighted by molar-refractivity contribution is 6.31. The number of halogens is 2. The van der Waals surface area contributed by atoms with Gasteiger partial charge in [0.15, 0.2) is 0 Å². The third-order valence-corrected chi connectivity index (χ3v) is 6.64. The highest BCUT2D eigenvalue weighted by Crippen LogP contribution is 2.27. The highest BCUT2D eigenvalue weighted by atomic mass is 35.5. The van der Waals surface area contributed by atoms with Crippen LogP contribution in [0.25, 0.3) is 0 Å². The van der Waals surface area contributed by atoms with Crippen molar-refractivity contribution in [2.45, 2.75) is 90.9 Å². The lowest BCUT2D eigenvalue weighted by molar-refractivity contribution is 0.138. The molecule has 38 heavy (non-hydrogen) atoms. The van der Waals surface area contributed by atoms with Gasteiger partial charge in [-0.3, -0.25) is 0 Å². The fraction of sp³-hybridized carbons (Fsp3) is 0.533. The Morgan fingerprint density at radius 1 is 0.553 bits per heavy atom. The fourth-order valence-electron chi connectivity index (χ4n) is 3.98. The van der Waals surface area contributed by atoms with Crippen molar-refractivity contribution in [1.29, 1.82) is 0 Å². The standard InChI is InChI=1S/C30H42Cl2N2O4/c1-3-5-7-9-11-13-23-37-29(35)33(27-19-15-25(31)16-20-27)34(28-21-17-26(32)18-22-28)30(36)38-24-14-12-10-8-6-4-2/h15-22H,3-14,23-24H2,1-2H3. The Labute approximate surface area is 238 Å². The molecule has 2 amide bonds. The van der Waals surface area contributed by atoms with Gasteiger partial charge in [-0.1, -0.05) is 101 Å². The van der Waals surface area contributed by atoms with Crippen molar-refractivity contribution < 1.29 is 19.1 Å². The summed E-state index contributed by atoms with van der Waals surface area (Å²) in [6.45, 7) is 4.88. The van der Waals surface area contributed by atoms with E-state index < -0.39 is 12.2 Å². The van der Waals surface area contributed by atoms with Crippen LogP contribution in [0.1, 0.15) is 90.9 Å². The molecule has 0 aromatic heterocycles. The van der Waals surface area contributed by atoms with E-state index in [1.54, 1.807) is 48.5 Å². The molecule has 2 aromatic rings. The lowest BCUT2D eigenvalue weighted by atomic mass is 10.1. The van der Waals surface area contributed by atoms with Gasteiger partial charge in [0.2, 0.25) is 0 Å². The zero-order valence-corrected chi connectivity index (χ0v) is 24.3. The van der Waals surface area contributed by atoms with Gasteiger partial charge in [-0.2, -0.15) is 10.0 Å². The monoisotopic (exact) mass is 564 g/mol. The summed E-state index contributed by atoms with van der Waals surface area (Å²) in [7, 11) is 0. The van der Waals surface area contributed by atoms with Crippen LogP contribution in [0.3, 0.4) is 0 Å². The van der Waals surface area contributed by atoms with E-state index in [9.17, 15) is 9.59 Å². The van der Waals surface area contributed by atoms with Crippen molar-refractivity contribution in [3.63, 3.8) is 0 Å². The van der Waals surface area contributed by atoms with Crippen LogP contribution in [0.15, 0.2) is 48.5 Å². The first kappa shape index (κ1) is 31.8. The second kappa shape index (κ2) is 18.8. The number of anilines is 2. The van der Waals surface area contributed by atoms with E-state index in [0.29, 0.717) is 21.4 Å². The van der Waals surface area contributed by atoms with E-state index in [1.165, 1.54) is 48.5 Å². The Morgan fingerprint density at radius 3 is 1.21 bits per heavy atom. The van der Waals surface area contributed by atoms with E-state index >= 15 is 0 Å². The van der Waals surface area contributed by atoms with Crippen molar-refractivity contribution in [2.24, 2.45) is 0 Å². The maximum atomic E-state index is 13.4. The normalized spacial score (nSPS) is 10.7. The Hall–Kier alpha value is -2.44. The van der Waals surface area contributed by atoms with Crippen molar-refractivity contribution in [3.05, 3.63) is 58.6 Å². The molecule has 6 nitrogen and oxygen atoms in total. The smallest absolute Gasteiger partial charge is 0.434 e. The quantitative estimate of drug-likeness (QED) is 0.150. The maximum absolute atomic E-state index is 13.4. The van der Waals surface area contributed by atoms with E-state index in [2.05, 4.69) is 13.8 Å². The average molecular weight is 566 g/mol.